The minimum absolute atomic E-state index is 0.155. The fourth-order valence-corrected chi connectivity index (χ4v) is 4.26. The average Bonchev–Trinajstić information content (AvgIpc) is 3.19. The lowest BCUT2D eigenvalue weighted by atomic mass is 10.2. The van der Waals surface area contributed by atoms with Crippen LogP contribution in [0.2, 0.25) is 0 Å². The van der Waals surface area contributed by atoms with E-state index in [0.29, 0.717) is 11.3 Å². The molecule has 0 unspecified atom stereocenters. The van der Waals surface area contributed by atoms with Gasteiger partial charge in [-0.05, 0) is 42.0 Å². The van der Waals surface area contributed by atoms with Gasteiger partial charge in [0.05, 0.1) is 4.90 Å². The molecule has 30 heavy (non-hydrogen) atoms. The fourth-order valence-electron chi connectivity index (χ4n) is 3.10. The van der Waals surface area contributed by atoms with Gasteiger partial charge in [-0.3, -0.25) is 4.79 Å². The van der Waals surface area contributed by atoms with Crippen molar-refractivity contribution in [2.75, 3.05) is 12.4 Å². The first-order valence-electron chi connectivity index (χ1n) is 9.34. The molecule has 0 spiro atoms. The van der Waals surface area contributed by atoms with Gasteiger partial charge in [0.1, 0.15) is 5.58 Å². The summed E-state index contributed by atoms with van der Waals surface area (Å²) in [5.41, 5.74) is 2.01. The van der Waals surface area contributed by atoms with Crippen molar-refractivity contribution < 1.29 is 17.6 Å². The Morgan fingerprint density at radius 2 is 1.60 bits per heavy atom. The third-order valence-electron chi connectivity index (χ3n) is 4.72. The highest BCUT2D eigenvalue weighted by atomic mass is 32.2. The Morgan fingerprint density at radius 3 is 2.30 bits per heavy atom. The minimum atomic E-state index is -3.65. The lowest BCUT2D eigenvalue weighted by Crippen LogP contribution is -2.26. The molecule has 1 heterocycles. The second-order valence-corrected chi connectivity index (χ2v) is 8.92. The van der Waals surface area contributed by atoms with Crippen LogP contribution in [-0.4, -0.2) is 25.7 Å². The SMILES string of the molecule is CN(Cc1ccccc1)S(=O)(=O)c1ccc(NC(=O)c2cc3ccccc3o2)cc1. The van der Waals surface area contributed by atoms with Crippen molar-refractivity contribution in [1.29, 1.82) is 0 Å². The summed E-state index contributed by atoms with van der Waals surface area (Å²) in [5.74, 6) is -0.210. The van der Waals surface area contributed by atoms with Crippen LogP contribution in [0.15, 0.2) is 94.2 Å². The van der Waals surface area contributed by atoms with Gasteiger partial charge in [0.25, 0.3) is 5.91 Å². The van der Waals surface area contributed by atoms with Crippen molar-refractivity contribution in [3.8, 4) is 0 Å². The topological polar surface area (TPSA) is 79.6 Å². The third kappa shape index (κ3) is 4.12. The number of fused-ring (bicyclic) bond motifs is 1. The number of carbonyl (C=O) groups excluding carboxylic acids is 1. The van der Waals surface area contributed by atoms with E-state index in [1.54, 1.807) is 31.3 Å². The van der Waals surface area contributed by atoms with Gasteiger partial charge >= 0.3 is 0 Å². The highest BCUT2D eigenvalue weighted by Crippen LogP contribution is 2.22. The normalized spacial score (nSPS) is 11.7. The van der Waals surface area contributed by atoms with Crippen molar-refractivity contribution in [2.45, 2.75) is 11.4 Å². The number of carbonyl (C=O) groups is 1. The van der Waals surface area contributed by atoms with E-state index < -0.39 is 15.9 Å². The lowest BCUT2D eigenvalue weighted by molar-refractivity contribution is 0.0998. The number of hydrogen-bond acceptors (Lipinski definition) is 4. The van der Waals surface area contributed by atoms with Gasteiger partial charge in [0.15, 0.2) is 5.76 Å². The minimum Gasteiger partial charge on any atom is -0.451 e. The van der Waals surface area contributed by atoms with Gasteiger partial charge in [-0.25, -0.2) is 8.42 Å². The number of sulfonamides is 1. The predicted molar refractivity (Wildman–Crippen MR) is 116 cm³/mol. The van der Waals surface area contributed by atoms with E-state index in [9.17, 15) is 13.2 Å². The molecule has 0 saturated carbocycles. The molecular weight excluding hydrogens is 400 g/mol. The monoisotopic (exact) mass is 420 g/mol. The van der Waals surface area contributed by atoms with Crippen LogP contribution in [-0.2, 0) is 16.6 Å². The van der Waals surface area contributed by atoms with Crippen LogP contribution in [0, 0.1) is 0 Å². The van der Waals surface area contributed by atoms with Gasteiger partial charge in [0, 0.05) is 24.7 Å². The van der Waals surface area contributed by atoms with Gasteiger partial charge < -0.3 is 9.73 Å². The zero-order chi connectivity index (χ0) is 21.1. The molecule has 0 atom stereocenters. The molecule has 1 aromatic heterocycles. The molecule has 1 amide bonds. The molecule has 1 N–H and O–H groups in total. The van der Waals surface area contributed by atoms with Crippen LogP contribution in [0.3, 0.4) is 0 Å². The Kier molecular flexibility index (Phi) is 5.39. The number of anilines is 1. The Bertz CT molecular complexity index is 1250. The molecule has 0 saturated heterocycles. The lowest BCUT2D eigenvalue weighted by Gasteiger charge is -2.17. The van der Waals surface area contributed by atoms with Crippen molar-refractivity contribution in [1.82, 2.24) is 4.31 Å². The van der Waals surface area contributed by atoms with E-state index >= 15 is 0 Å². The van der Waals surface area contributed by atoms with Crippen molar-refractivity contribution in [2.24, 2.45) is 0 Å². The maximum atomic E-state index is 12.8. The molecule has 7 heteroatoms. The van der Waals surface area contributed by atoms with Crippen molar-refractivity contribution >= 4 is 32.6 Å². The van der Waals surface area contributed by atoms with Gasteiger partial charge in [-0.2, -0.15) is 4.31 Å². The van der Waals surface area contributed by atoms with E-state index in [-0.39, 0.29) is 17.2 Å². The van der Waals surface area contributed by atoms with Crippen LogP contribution in [0.5, 0.6) is 0 Å². The highest BCUT2D eigenvalue weighted by Gasteiger charge is 2.21. The zero-order valence-corrected chi connectivity index (χ0v) is 17.1. The molecule has 0 aliphatic rings. The molecule has 0 fully saturated rings. The summed E-state index contributed by atoms with van der Waals surface area (Å²) in [6.45, 7) is 0.272. The predicted octanol–water partition coefficient (Wildman–Crippen LogP) is 4.51. The van der Waals surface area contributed by atoms with Gasteiger partial charge in [-0.15, -0.1) is 0 Å². The molecule has 0 bridgehead atoms. The second kappa shape index (κ2) is 8.14. The van der Waals surface area contributed by atoms with Gasteiger partial charge in [-0.1, -0.05) is 48.5 Å². The first kappa shape index (κ1) is 19.9. The summed E-state index contributed by atoms with van der Waals surface area (Å²) in [4.78, 5) is 12.6. The van der Waals surface area contributed by atoms with E-state index in [4.69, 9.17) is 4.42 Å². The largest absolute Gasteiger partial charge is 0.451 e. The maximum absolute atomic E-state index is 12.8. The first-order valence-corrected chi connectivity index (χ1v) is 10.8. The summed E-state index contributed by atoms with van der Waals surface area (Å²) >= 11 is 0. The van der Waals surface area contributed by atoms with Crippen LogP contribution in [0.4, 0.5) is 5.69 Å². The number of amides is 1. The molecule has 4 aromatic rings. The quantitative estimate of drug-likeness (QED) is 0.498. The molecule has 4 rings (SSSR count). The molecule has 0 aliphatic carbocycles. The summed E-state index contributed by atoms with van der Waals surface area (Å²) in [5, 5.41) is 3.56. The average molecular weight is 420 g/mol. The van der Waals surface area contributed by atoms with Crippen LogP contribution < -0.4 is 5.32 Å². The Labute approximate surface area is 174 Å². The summed E-state index contributed by atoms with van der Waals surface area (Å²) in [6, 6.07) is 24.5. The van der Waals surface area contributed by atoms with E-state index in [0.717, 1.165) is 10.9 Å². The smallest absolute Gasteiger partial charge is 0.291 e. The van der Waals surface area contributed by atoms with E-state index in [1.165, 1.54) is 16.4 Å². The Hall–Kier alpha value is -3.42. The van der Waals surface area contributed by atoms with Crippen LogP contribution in [0.25, 0.3) is 11.0 Å². The molecule has 0 aliphatic heterocycles. The number of hydrogen-bond donors (Lipinski definition) is 1. The number of benzene rings is 3. The number of para-hydroxylation sites is 1. The summed E-state index contributed by atoms with van der Waals surface area (Å²) in [6.07, 6.45) is 0. The standard InChI is InChI=1S/C23H20N2O4S/c1-25(16-17-7-3-2-4-8-17)30(27,28)20-13-11-19(12-14-20)24-23(26)22-15-18-9-5-6-10-21(18)29-22/h2-15H,16H2,1H3,(H,24,26). The number of furan rings is 1. The molecule has 152 valence electrons. The zero-order valence-electron chi connectivity index (χ0n) is 16.3. The van der Waals surface area contributed by atoms with E-state index in [1.807, 2.05) is 48.5 Å². The van der Waals surface area contributed by atoms with E-state index in [2.05, 4.69) is 5.32 Å². The maximum Gasteiger partial charge on any atom is 0.291 e. The number of nitrogens with zero attached hydrogens (tertiary/aromatic N) is 1. The first-order chi connectivity index (χ1) is 14.4. The van der Waals surface area contributed by atoms with Crippen LogP contribution in [0.1, 0.15) is 16.1 Å². The number of nitrogens with one attached hydrogen (secondary N) is 1. The van der Waals surface area contributed by atoms with Crippen molar-refractivity contribution in [3.63, 3.8) is 0 Å². The number of rotatable bonds is 6. The molecule has 6 nitrogen and oxygen atoms in total. The summed E-state index contributed by atoms with van der Waals surface area (Å²) in [7, 11) is -2.11. The van der Waals surface area contributed by atoms with Crippen LogP contribution >= 0.6 is 0 Å². The van der Waals surface area contributed by atoms with Gasteiger partial charge in [0.2, 0.25) is 10.0 Å². The molecule has 3 aromatic carbocycles. The fraction of sp³-hybridized carbons (Fsp3) is 0.0870. The molecular formula is C23H20N2O4S. The van der Waals surface area contributed by atoms with Crippen molar-refractivity contribution in [3.05, 3.63) is 96.3 Å². The Morgan fingerprint density at radius 1 is 0.933 bits per heavy atom. The highest BCUT2D eigenvalue weighted by molar-refractivity contribution is 7.89. The second-order valence-electron chi connectivity index (χ2n) is 6.87. The third-order valence-corrected chi connectivity index (χ3v) is 6.54. The summed E-state index contributed by atoms with van der Waals surface area (Å²) < 4.78 is 32.5. The molecule has 0 radical (unpaired) electrons. The Balaban J connectivity index is 1.47.